The fraction of sp³-hybridized carbons (Fsp3) is 0.478. The third kappa shape index (κ3) is 5.26. The smallest absolute Gasteiger partial charge is 0.263 e. The van der Waals surface area contributed by atoms with Crippen molar-refractivity contribution >= 4 is 23.0 Å². The second-order valence-corrected chi connectivity index (χ2v) is 8.55. The van der Waals surface area contributed by atoms with Gasteiger partial charge in [-0.1, -0.05) is 0 Å². The van der Waals surface area contributed by atoms with Gasteiger partial charge in [-0.05, 0) is 63.1 Å². The third-order valence-electron chi connectivity index (χ3n) is 6.19. The van der Waals surface area contributed by atoms with Gasteiger partial charge in [0.05, 0.1) is 11.8 Å². The molecule has 1 aliphatic heterocycles. The molecule has 1 saturated heterocycles. The summed E-state index contributed by atoms with van der Waals surface area (Å²) >= 11 is 0. The van der Waals surface area contributed by atoms with Crippen molar-refractivity contribution in [2.45, 2.75) is 37.8 Å². The predicted octanol–water partition coefficient (Wildman–Crippen LogP) is 2.09. The molecule has 2 fully saturated rings. The molecule has 2 aliphatic rings. The Morgan fingerprint density at radius 2 is 1.84 bits per heavy atom. The van der Waals surface area contributed by atoms with Crippen molar-refractivity contribution in [3.8, 4) is 0 Å². The zero-order valence-electron chi connectivity index (χ0n) is 17.9. The van der Waals surface area contributed by atoms with Crippen LogP contribution in [0, 0.1) is 0 Å². The lowest BCUT2D eigenvalue weighted by atomic mass is 9.92. The number of carbonyl (C=O) groups is 1. The van der Waals surface area contributed by atoms with E-state index >= 15 is 0 Å². The molecular weight excluding hydrogens is 394 g/mol. The maximum Gasteiger partial charge on any atom is 0.263 e. The second-order valence-electron chi connectivity index (χ2n) is 8.55. The first-order valence-corrected chi connectivity index (χ1v) is 11.0. The number of nitrogens with one attached hydrogen (secondary N) is 3. The second kappa shape index (κ2) is 9.53. The standard InChI is InChI=1S/C23H31N5O3/c1-27-11-13-28(14-12-27)18-7-5-16(6-8-18)26-23(31)21-20(9-10-24-22(21)30)25-17-3-2-4-19(29)15-17/h5-10,17,19,29H,2-4,11-15H2,1H3,(H,26,31)(H2,24,25,30). The molecule has 2 heterocycles. The number of hydrogen-bond donors (Lipinski definition) is 4. The van der Waals surface area contributed by atoms with Crippen LogP contribution in [0.25, 0.3) is 0 Å². The largest absolute Gasteiger partial charge is 0.393 e. The monoisotopic (exact) mass is 425 g/mol. The number of amides is 1. The number of piperazine rings is 1. The number of nitrogens with zero attached hydrogens (tertiary/aromatic N) is 2. The molecule has 166 valence electrons. The number of likely N-dealkylation sites (N-methyl/N-ethyl adjacent to an activating group) is 1. The summed E-state index contributed by atoms with van der Waals surface area (Å²) in [6, 6.07) is 9.48. The van der Waals surface area contributed by atoms with E-state index in [0.29, 0.717) is 17.8 Å². The molecule has 1 amide bonds. The zero-order valence-corrected chi connectivity index (χ0v) is 17.9. The molecule has 0 bridgehead atoms. The lowest BCUT2D eigenvalue weighted by molar-refractivity contribution is 0.102. The molecule has 8 heteroatoms. The quantitative estimate of drug-likeness (QED) is 0.585. The van der Waals surface area contributed by atoms with Gasteiger partial charge in [0.15, 0.2) is 0 Å². The highest BCUT2D eigenvalue weighted by Crippen LogP contribution is 2.24. The molecule has 2 aromatic rings. The maximum atomic E-state index is 12.9. The summed E-state index contributed by atoms with van der Waals surface area (Å²) < 4.78 is 0. The van der Waals surface area contributed by atoms with Crippen LogP contribution in [0.15, 0.2) is 41.3 Å². The molecule has 8 nitrogen and oxygen atoms in total. The van der Waals surface area contributed by atoms with Gasteiger partial charge in [-0.15, -0.1) is 0 Å². The fourth-order valence-electron chi connectivity index (χ4n) is 4.35. The Balaban J connectivity index is 1.45. The van der Waals surface area contributed by atoms with Gasteiger partial charge in [-0.25, -0.2) is 0 Å². The number of pyridine rings is 1. The highest BCUT2D eigenvalue weighted by atomic mass is 16.3. The Bertz CT molecular complexity index is 950. The van der Waals surface area contributed by atoms with Crippen molar-refractivity contribution in [3.63, 3.8) is 0 Å². The summed E-state index contributed by atoms with van der Waals surface area (Å²) in [5.41, 5.74) is 1.89. The average Bonchev–Trinajstić information content (AvgIpc) is 2.75. The lowest BCUT2D eigenvalue weighted by Gasteiger charge is -2.34. The molecule has 4 rings (SSSR count). The van der Waals surface area contributed by atoms with Crippen LogP contribution in [0.1, 0.15) is 36.0 Å². The number of hydrogen-bond acceptors (Lipinski definition) is 6. The number of H-pyrrole nitrogens is 1. The molecule has 0 radical (unpaired) electrons. The van der Waals surface area contributed by atoms with Gasteiger partial charge >= 0.3 is 0 Å². The number of aliphatic hydroxyl groups is 1. The van der Waals surface area contributed by atoms with Gasteiger partial charge in [0.1, 0.15) is 5.56 Å². The first kappa shape index (κ1) is 21.4. The normalized spacial score (nSPS) is 22.2. The van der Waals surface area contributed by atoms with Crippen LogP contribution in [0.4, 0.5) is 17.1 Å². The Labute approximate surface area is 182 Å². The number of carbonyl (C=O) groups excluding carboxylic acids is 1. The van der Waals surface area contributed by atoms with E-state index < -0.39 is 11.5 Å². The van der Waals surface area contributed by atoms with Crippen LogP contribution < -0.4 is 21.1 Å². The topological polar surface area (TPSA) is 101 Å². The molecule has 4 N–H and O–H groups in total. The van der Waals surface area contributed by atoms with Crippen LogP contribution in [0.5, 0.6) is 0 Å². The minimum atomic E-state index is -0.451. The number of benzene rings is 1. The SMILES string of the molecule is CN1CCN(c2ccc(NC(=O)c3c(NC4CCCC(O)C4)cc[nH]c3=O)cc2)CC1. The Hall–Kier alpha value is -2.84. The molecule has 31 heavy (non-hydrogen) atoms. The Morgan fingerprint density at radius 1 is 1.10 bits per heavy atom. The van der Waals surface area contributed by atoms with E-state index in [2.05, 4.69) is 32.5 Å². The molecule has 1 aromatic carbocycles. The van der Waals surface area contributed by atoms with E-state index in [0.717, 1.165) is 51.1 Å². The molecule has 1 aliphatic carbocycles. The van der Waals surface area contributed by atoms with Crippen molar-refractivity contribution < 1.29 is 9.90 Å². The summed E-state index contributed by atoms with van der Waals surface area (Å²) in [6.07, 6.45) is 4.42. The van der Waals surface area contributed by atoms with E-state index in [-0.39, 0.29) is 17.7 Å². The molecule has 2 unspecified atom stereocenters. The highest BCUT2D eigenvalue weighted by Gasteiger charge is 2.23. The van der Waals surface area contributed by atoms with Crippen LogP contribution in [-0.4, -0.2) is 66.3 Å². The minimum Gasteiger partial charge on any atom is -0.393 e. The molecular formula is C23H31N5O3. The maximum absolute atomic E-state index is 12.9. The average molecular weight is 426 g/mol. The lowest BCUT2D eigenvalue weighted by Crippen LogP contribution is -2.44. The van der Waals surface area contributed by atoms with Crippen LogP contribution in [-0.2, 0) is 0 Å². The van der Waals surface area contributed by atoms with E-state index in [1.54, 1.807) is 6.07 Å². The van der Waals surface area contributed by atoms with Gasteiger partial charge in [-0.3, -0.25) is 9.59 Å². The van der Waals surface area contributed by atoms with Gasteiger partial charge in [0.2, 0.25) is 0 Å². The summed E-state index contributed by atoms with van der Waals surface area (Å²) in [7, 11) is 2.13. The molecule has 0 spiro atoms. The van der Waals surface area contributed by atoms with Gasteiger partial charge < -0.3 is 30.5 Å². The first-order valence-electron chi connectivity index (χ1n) is 11.0. The fourth-order valence-corrected chi connectivity index (χ4v) is 4.35. The Kier molecular flexibility index (Phi) is 6.58. The summed E-state index contributed by atoms with van der Waals surface area (Å²) in [4.78, 5) is 32.6. The number of rotatable bonds is 5. The summed E-state index contributed by atoms with van der Waals surface area (Å²) in [5, 5.41) is 16.1. The number of aromatic amines is 1. The number of aromatic nitrogens is 1. The molecule has 2 atom stereocenters. The van der Waals surface area contributed by atoms with Crippen LogP contribution in [0.3, 0.4) is 0 Å². The van der Waals surface area contributed by atoms with Gasteiger partial charge in [0, 0.05) is 49.8 Å². The van der Waals surface area contributed by atoms with Crippen molar-refractivity contribution in [3.05, 3.63) is 52.4 Å². The molecule has 1 saturated carbocycles. The van der Waals surface area contributed by atoms with Crippen molar-refractivity contribution in [1.29, 1.82) is 0 Å². The first-order chi connectivity index (χ1) is 15.0. The Morgan fingerprint density at radius 3 is 2.55 bits per heavy atom. The zero-order chi connectivity index (χ0) is 21.8. The van der Waals surface area contributed by atoms with E-state index in [1.807, 2.05) is 24.3 Å². The summed E-state index contributed by atoms with van der Waals surface area (Å²) in [5.74, 6) is -0.451. The number of aliphatic hydroxyl groups excluding tert-OH is 1. The molecule has 1 aromatic heterocycles. The van der Waals surface area contributed by atoms with E-state index in [1.165, 1.54) is 6.20 Å². The third-order valence-corrected chi connectivity index (χ3v) is 6.19. The van der Waals surface area contributed by atoms with Crippen molar-refractivity contribution in [2.75, 3.05) is 48.8 Å². The predicted molar refractivity (Wildman–Crippen MR) is 123 cm³/mol. The minimum absolute atomic E-state index is 0.0416. The number of anilines is 3. The van der Waals surface area contributed by atoms with Gasteiger partial charge in [0.25, 0.3) is 11.5 Å². The van der Waals surface area contributed by atoms with Crippen LogP contribution in [0.2, 0.25) is 0 Å². The highest BCUT2D eigenvalue weighted by molar-refractivity contribution is 6.07. The van der Waals surface area contributed by atoms with E-state index in [9.17, 15) is 14.7 Å². The summed E-state index contributed by atoms with van der Waals surface area (Å²) in [6.45, 7) is 4.02. The van der Waals surface area contributed by atoms with E-state index in [4.69, 9.17) is 0 Å². The van der Waals surface area contributed by atoms with Gasteiger partial charge in [-0.2, -0.15) is 0 Å². The van der Waals surface area contributed by atoms with Crippen molar-refractivity contribution in [1.82, 2.24) is 9.88 Å². The van der Waals surface area contributed by atoms with Crippen molar-refractivity contribution in [2.24, 2.45) is 0 Å². The van der Waals surface area contributed by atoms with Crippen LogP contribution >= 0.6 is 0 Å².